The second-order valence-corrected chi connectivity index (χ2v) is 7.82. The van der Waals surface area contributed by atoms with Crippen LogP contribution in [0.25, 0.3) is 0 Å². The van der Waals surface area contributed by atoms with Crippen molar-refractivity contribution in [2.45, 2.75) is 39.4 Å². The summed E-state index contributed by atoms with van der Waals surface area (Å²) in [5.74, 6) is 2.49. The normalized spacial score (nSPS) is 13.3. The SMILES string of the molecule is CCNC(=NCc1cccc(Cn2cncn2)c1)NCc1ccccc1OCC1CC1.I. The molecule has 0 unspecified atom stereocenters. The van der Waals surface area contributed by atoms with E-state index >= 15 is 0 Å². The second kappa shape index (κ2) is 12.4. The van der Waals surface area contributed by atoms with Crippen LogP contribution in [0.5, 0.6) is 5.75 Å². The van der Waals surface area contributed by atoms with E-state index in [-0.39, 0.29) is 24.0 Å². The first-order valence-electron chi connectivity index (χ1n) is 10.9. The summed E-state index contributed by atoms with van der Waals surface area (Å²) in [6, 6.07) is 16.6. The summed E-state index contributed by atoms with van der Waals surface area (Å²) in [5, 5.41) is 10.9. The quantitative estimate of drug-likeness (QED) is 0.229. The van der Waals surface area contributed by atoms with Crippen LogP contribution in [0, 0.1) is 5.92 Å². The van der Waals surface area contributed by atoms with E-state index < -0.39 is 0 Å². The van der Waals surface area contributed by atoms with E-state index in [2.05, 4.69) is 58.0 Å². The van der Waals surface area contributed by atoms with Gasteiger partial charge in [-0.2, -0.15) is 5.10 Å². The fraction of sp³-hybridized carbons (Fsp3) is 0.375. The van der Waals surface area contributed by atoms with Gasteiger partial charge in [-0.25, -0.2) is 14.7 Å². The number of guanidine groups is 1. The molecule has 7 nitrogen and oxygen atoms in total. The van der Waals surface area contributed by atoms with Crippen molar-refractivity contribution in [1.29, 1.82) is 0 Å². The van der Waals surface area contributed by atoms with Crippen molar-refractivity contribution in [2.75, 3.05) is 13.2 Å². The maximum atomic E-state index is 6.03. The fourth-order valence-electron chi connectivity index (χ4n) is 3.30. The first kappa shape index (κ1) is 24.0. The van der Waals surface area contributed by atoms with Crippen LogP contribution in [0.3, 0.4) is 0 Å². The van der Waals surface area contributed by atoms with Crippen LogP contribution in [-0.2, 0) is 19.6 Å². The lowest BCUT2D eigenvalue weighted by Crippen LogP contribution is -2.36. The molecule has 1 fully saturated rings. The number of para-hydroxylation sites is 1. The zero-order valence-electron chi connectivity index (χ0n) is 18.4. The Kier molecular flexibility index (Phi) is 9.33. The van der Waals surface area contributed by atoms with Crippen molar-refractivity contribution in [1.82, 2.24) is 25.4 Å². The molecule has 1 heterocycles. The van der Waals surface area contributed by atoms with Gasteiger partial charge < -0.3 is 15.4 Å². The summed E-state index contributed by atoms with van der Waals surface area (Å²) in [6.45, 7) is 5.66. The first-order valence-corrected chi connectivity index (χ1v) is 10.9. The van der Waals surface area contributed by atoms with Crippen LogP contribution in [0.4, 0.5) is 0 Å². The number of hydrogen-bond donors (Lipinski definition) is 2. The van der Waals surface area contributed by atoms with Crippen LogP contribution in [0.15, 0.2) is 66.2 Å². The molecular weight excluding hydrogens is 515 g/mol. The number of aliphatic imine (C=N–C) groups is 1. The maximum Gasteiger partial charge on any atom is 0.191 e. The molecule has 0 radical (unpaired) electrons. The molecule has 32 heavy (non-hydrogen) atoms. The number of nitrogens with one attached hydrogen (secondary N) is 2. The number of hydrogen-bond acceptors (Lipinski definition) is 4. The highest BCUT2D eigenvalue weighted by molar-refractivity contribution is 14.0. The molecule has 0 bridgehead atoms. The zero-order chi connectivity index (χ0) is 21.3. The molecule has 0 saturated heterocycles. The Morgan fingerprint density at radius 1 is 1.12 bits per heavy atom. The highest BCUT2D eigenvalue weighted by Crippen LogP contribution is 2.30. The van der Waals surface area contributed by atoms with Crippen LogP contribution < -0.4 is 15.4 Å². The smallest absolute Gasteiger partial charge is 0.191 e. The molecular formula is C24H31IN6O. The molecule has 4 rings (SSSR count). The van der Waals surface area contributed by atoms with E-state index in [9.17, 15) is 0 Å². The largest absolute Gasteiger partial charge is 0.493 e. The van der Waals surface area contributed by atoms with E-state index in [0.29, 0.717) is 19.6 Å². The van der Waals surface area contributed by atoms with Crippen molar-refractivity contribution in [3.05, 3.63) is 77.9 Å². The number of rotatable bonds is 10. The zero-order valence-corrected chi connectivity index (χ0v) is 20.7. The lowest BCUT2D eigenvalue weighted by molar-refractivity contribution is 0.296. The molecule has 0 aliphatic heterocycles. The number of aromatic nitrogens is 3. The van der Waals surface area contributed by atoms with Crippen LogP contribution in [0.2, 0.25) is 0 Å². The molecule has 3 aromatic rings. The second-order valence-electron chi connectivity index (χ2n) is 7.82. The minimum absolute atomic E-state index is 0. The van der Waals surface area contributed by atoms with Gasteiger partial charge in [-0.3, -0.25) is 0 Å². The highest BCUT2D eigenvalue weighted by atomic mass is 127. The van der Waals surface area contributed by atoms with Gasteiger partial charge in [0.05, 0.1) is 19.7 Å². The van der Waals surface area contributed by atoms with E-state index in [1.807, 2.05) is 22.9 Å². The van der Waals surface area contributed by atoms with Crippen molar-refractivity contribution in [3.63, 3.8) is 0 Å². The molecule has 0 spiro atoms. The number of nitrogens with zero attached hydrogens (tertiary/aromatic N) is 4. The molecule has 2 aromatic carbocycles. The van der Waals surface area contributed by atoms with Crippen LogP contribution in [-0.4, -0.2) is 33.9 Å². The van der Waals surface area contributed by atoms with Gasteiger partial charge in [0.2, 0.25) is 0 Å². The van der Waals surface area contributed by atoms with E-state index in [0.717, 1.165) is 41.9 Å². The molecule has 1 aliphatic carbocycles. The summed E-state index contributed by atoms with van der Waals surface area (Å²) in [5.41, 5.74) is 3.48. The fourth-order valence-corrected chi connectivity index (χ4v) is 3.30. The van der Waals surface area contributed by atoms with Crippen LogP contribution >= 0.6 is 24.0 Å². The minimum atomic E-state index is 0. The lowest BCUT2D eigenvalue weighted by Gasteiger charge is -2.14. The van der Waals surface area contributed by atoms with Crippen LogP contribution in [0.1, 0.15) is 36.5 Å². The average molecular weight is 546 g/mol. The Labute approximate surface area is 206 Å². The topological polar surface area (TPSA) is 76.4 Å². The monoisotopic (exact) mass is 546 g/mol. The number of halogens is 1. The Morgan fingerprint density at radius 3 is 2.75 bits per heavy atom. The Bertz CT molecular complexity index is 988. The number of ether oxygens (including phenoxy) is 1. The third kappa shape index (κ3) is 7.51. The Balaban J connectivity index is 0.00000289. The van der Waals surface area contributed by atoms with Gasteiger partial charge >= 0.3 is 0 Å². The number of benzene rings is 2. The van der Waals surface area contributed by atoms with Crippen molar-refractivity contribution >= 4 is 29.9 Å². The van der Waals surface area contributed by atoms with Crippen molar-refractivity contribution < 1.29 is 4.74 Å². The van der Waals surface area contributed by atoms with Gasteiger partial charge in [-0.05, 0) is 42.9 Å². The summed E-state index contributed by atoms with van der Waals surface area (Å²) in [4.78, 5) is 8.77. The van der Waals surface area contributed by atoms with E-state index in [4.69, 9.17) is 9.73 Å². The molecule has 1 saturated carbocycles. The van der Waals surface area contributed by atoms with E-state index in [1.165, 1.54) is 18.4 Å². The predicted molar refractivity (Wildman–Crippen MR) is 137 cm³/mol. The molecule has 8 heteroatoms. The Hall–Kier alpha value is -2.62. The molecule has 0 amide bonds. The summed E-state index contributed by atoms with van der Waals surface area (Å²) < 4.78 is 7.84. The molecule has 0 atom stereocenters. The summed E-state index contributed by atoms with van der Waals surface area (Å²) in [6.07, 6.45) is 5.86. The van der Waals surface area contributed by atoms with Crippen molar-refractivity contribution in [2.24, 2.45) is 10.9 Å². The summed E-state index contributed by atoms with van der Waals surface area (Å²) >= 11 is 0. The van der Waals surface area contributed by atoms with Crippen molar-refractivity contribution in [3.8, 4) is 5.75 Å². The maximum absolute atomic E-state index is 6.03. The van der Waals surface area contributed by atoms with Gasteiger partial charge in [0, 0.05) is 18.7 Å². The Morgan fingerprint density at radius 2 is 1.97 bits per heavy atom. The van der Waals surface area contributed by atoms with Gasteiger partial charge in [0.25, 0.3) is 0 Å². The van der Waals surface area contributed by atoms with Gasteiger partial charge in [-0.15, -0.1) is 24.0 Å². The minimum Gasteiger partial charge on any atom is -0.493 e. The molecule has 1 aliphatic rings. The molecule has 1 aromatic heterocycles. The third-order valence-electron chi connectivity index (χ3n) is 5.16. The van der Waals surface area contributed by atoms with E-state index in [1.54, 1.807) is 12.7 Å². The van der Waals surface area contributed by atoms with Gasteiger partial charge in [-0.1, -0.05) is 42.5 Å². The summed E-state index contributed by atoms with van der Waals surface area (Å²) in [7, 11) is 0. The first-order chi connectivity index (χ1) is 15.3. The van der Waals surface area contributed by atoms with Gasteiger partial charge in [0.15, 0.2) is 5.96 Å². The predicted octanol–water partition coefficient (Wildman–Crippen LogP) is 3.99. The highest BCUT2D eigenvalue weighted by Gasteiger charge is 2.22. The lowest BCUT2D eigenvalue weighted by atomic mass is 10.1. The van der Waals surface area contributed by atoms with Gasteiger partial charge in [0.1, 0.15) is 18.4 Å². The standard InChI is InChI=1S/C24H30N6O.HI/c1-2-26-24(28-14-22-8-3-4-9-23(22)31-16-19-10-11-19)27-13-20-6-5-7-21(12-20)15-30-18-25-17-29-30;/h3-9,12,17-19H,2,10-11,13-16H2,1H3,(H2,26,27,28);1H. The average Bonchev–Trinajstić information content (AvgIpc) is 3.49. The molecule has 2 N–H and O–H groups in total. The molecule has 170 valence electrons. The third-order valence-corrected chi connectivity index (χ3v) is 5.16.